The maximum Gasteiger partial charge on any atom is 0.469 e. The van der Waals surface area contributed by atoms with Crippen LogP contribution >= 0.6 is 7.82 Å². The van der Waals surface area contributed by atoms with E-state index in [0.29, 0.717) is 0 Å². The molecule has 142 valence electrons. The number of carbonyl (C=O) groups is 1. The third kappa shape index (κ3) is 3.73. The van der Waals surface area contributed by atoms with Gasteiger partial charge in [-0.3, -0.25) is 13.9 Å². The Morgan fingerprint density at radius 3 is 2.73 bits per heavy atom. The summed E-state index contributed by atoms with van der Waals surface area (Å²) in [5.74, 6) is -0.197. The fourth-order valence-corrected chi connectivity index (χ4v) is 2.90. The van der Waals surface area contributed by atoms with Crippen molar-refractivity contribution in [3.63, 3.8) is 0 Å². The molecule has 0 aromatic carbocycles. The summed E-state index contributed by atoms with van der Waals surface area (Å²) in [6, 6.07) is 0. The molecule has 1 fully saturated rings. The van der Waals surface area contributed by atoms with Gasteiger partial charge >= 0.3 is 7.82 Å². The summed E-state index contributed by atoms with van der Waals surface area (Å²) in [4.78, 5) is 40.8. The van der Waals surface area contributed by atoms with Gasteiger partial charge in [0.1, 0.15) is 24.6 Å². The van der Waals surface area contributed by atoms with Gasteiger partial charge in [-0.05, 0) is 0 Å². The average molecular weight is 389 g/mol. The SMILES string of the molecule is CC(=O)Nc1ncnc2c1ncn2C1OC(COP(=O)(O)O)C(O)C1O. The predicted octanol–water partition coefficient (Wildman–Crippen LogP) is -1.49. The Bertz CT molecular complexity index is 868. The van der Waals surface area contributed by atoms with Crippen molar-refractivity contribution in [2.24, 2.45) is 0 Å². The first kappa shape index (κ1) is 18.8. The highest BCUT2D eigenvalue weighted by Gasteiger charge is 2.45. The van der Waals surface area contributed by atoms with Crippen molar-refractivity contribution in [3.05, 3.63) is 12.7 Å². The van der Waals surface area contributed by atoms with E-state index in [9.17, 15) is 19.6 Å². The van der Waals surface area contributed by atoms with Crippen LogP contribution in [0.3, 0.4) is 0 Å². The van der Waals surface area contributed by atoms with E-state index in [0.717, 1.165) is 0 Å². The molecule has 1 aliphatic heterocycles. The summed E-state index contributed by atoms with van der Waals surface area (Å²) in [5.41, 5.74) is 0.458. The summed E-state index contributed by atoms with van der Waals surface area (Å²) in [7, 11) is -4.76. The molecular formula is C12H16N5O8P. The average Bonchev–Trinajstić information content (AvgIpc) is 3.08. The minimum Gasteiger partial charge on any atom is -0.387 e. The number of phosphoric ester groups is 1. The highest BCUT2D eigenvalue weighted by molar-refractivity contribution is 7.46. The molecule has 0 radical (unpaired) electrons. The standard InChI is InChI=1S/C12H16N5O8P/c1-5(18)16-10-7-11(14-3-13-10)17(4-15-7)12-9(20)8(19)6(25-12)2-24-26(21,22)23/h3-4,6,8-9,12,19-20H,2H2,1H3,(H2,21,22,23)(H,13,14,16,18). The quantitative estimate of drug-likeness (QED) is 0.375. The van der Waals surface area contributed by atoms with Gasteiger partial charge < -0.3 is 30.1 Å². The van der Waals surface area contributed by atoms with Crippen LogP contribution in [-0.2, 0) is 18.6 Å². The van der Waals surface area contributed by atoms with Crippen LogP contribution in [0.5, 0.6) is 0 Å². The van der Waals surface area contributed by atoms with Gasteiger partial charge in [0.2, 0.25) is 5.91 Å². The number of hydrogen-bond acceptors (Lipinski definition) is 9. The van der Waals surface area contributed by atoms with Gasteiger partial charge in [-0.2, -0.15) is 0 Å². The highest BCUT2D eigenvalue weighted by Crippen LogP contribution is 2.38. The molecule has 14 heteroatoms. The van der Waals surface area contributed by atoms with Crippen LogP contribution in [0.1, 0.15) is 13.2 Å². The number of nitrogens with one attached hydrogen (secondary N) is 1. The lowest BCUT2D eigenvalue weighted by Gasteiger charge is -2.16. The number of rotatable bonds is 5. The Balaban J connectivity index is 1.87. The minimum atomic E-state index is -4.76. The Morgan fingerprint density at radius 2 is 2.08 bits per heavy atom. The van der Waals surface area contributed by atoms with Gasteiger partial charge in [-0.25, -0.2) is 19.5 Å². The molecule has 1 amide bonds. The smallest absolute Gasteiger partial charge is 0.387 e. The Labute approximate surface area is 145 Å². The van der Waals surface area contributed by atoms with Crippen molar-refractivity contribution >= 4 is 30.7 Å². The van der Waals surface area contributed by atoms with Gasteiger partial charge in [0.25, 0.3) is 0 Å². The normalized spacial score (nSPS) is 26.3. The summed E-state index contributed by atoms with van der Waals surface area (Å²) in [6.07, 6.45) is -2.76. The minimum absolute atomic E-state index is 0.163. The summed E-state index contributed by atoms with van der Waals surface area (Å²) >= 11 is 0. The maximum atomic E-state index is 11.2. The van der Waals surface area contributed by atoms with Crippen LogP contribution in [0, 0.1) is 0 Å². The summed E-state index contributed by atoms with van der Waals surface area (Å²) in [6.45, 7) is 0.675. The first-order chi connectivity index (χ1) is 12.2. The molecule has 3 rings (SSSR count). The Kier molecular flexibility index (Phi) is 5.03. The zero-order valence-corrected chi connectivity index (χ0v) is 14.2. The van der Waals surface area contributed by atoms with Crippen molar-refractivity contribution in [1.29, 1.82) is 0 Å². The second-order valence-corrected chi connectivity index (χ2v) is 6.80. The fourth-order valence-electron chi connectivity index (χ4n) is 2.56. The molecule has 26 heavy (non-hydrogen) atoms. The number of nitrogens with zero attached hydrogens (tertiary/aromatic N) is 4. The largest absolute Gasteiger partial charge is 0.469 e. The van der Waals surface area contributed by atoms with Crippen LogP contribution in [0.2, 0.25) is 0 Å². The maximum absolute atomic E-state index is 11.2. The van der Waals surface area contributed by atoms with E-state index in [1.165, 1.54) is 24.1 Å². The number of hydrogen-bond donors (Lipinski definition) is 5. The second-order valence-electron chi connectivity index (χ2n) is 5.56. The number of aliphatic hydroxyl groups excluding tert-OH is 2. The molecule has 4 atom stereocenters. The molecule has 4 unspecified atom stereocenters. The van der Waals surface area contributed by atoms with Crippen molar-refractivity contribution in [2.45, 2.75) is 31.5 Å². The highest BCUT2D eigenvalue weighted by atomic mass is 31.2. The second kappa shape index (κ2) is 6.96. The number of imidazole rings is 1. The summed E-state index contributed by atoms with van der Waals surface area (Å²) in [5, 5.41) is 22.7. The monoisotopic (exact) mass is 389 g/mol. The molecule has 0 saturated carbocycles. The van der Waals surface area contributed by atoms with Gasteiger partial charge in [-0.15, -0.1) is 0 Å². The number of phosphoric acid groups is 1. The topological polar surface area (TPSA) is 189 Å². The number of amides is 1. The number of carbonyl (C=O) groups excluding carboxylic acids is 1. The van der Waals surface area contributed by atoms with Crippen molar-refractivity contribution in [3.8, 4) is 0 Å². The predicted molar refractivity (Wildman–Crippen MR) is 83.5 cm³/mol. The first-order valence-electron chi connectivity index (χ1n) is 7.34. The van der Waals surface area contributed by atoms with Crippen LogP contribution in [0.4, 0.5) is 5.82 Å². The fraction of sp³-hybridized carbons (Fsp3) is 0.500. The molecule has 1 aliphatic rings. The van der Waals surface area contributed by atoms with Crippen LogP contribution in [-0.4, -0.2) is 70.3 Å². The molecule has 3 heterocycles. The number of aromatic nitrogens is 4. The molecule has 2 aromatic heterocycles. The van der Waals surface area contributed by atoms with E-state index in [2.05, 4.69) is 24.8 Å². The molecule has 0 bridgehead atoms. The van der Waals surface area contributed by atoms with Gasteiger partial charge in [0.15, 0.2) is 23.2 Å². The van der Waals surface area contributed by atoms with E-state index in [4.69, 9.17) is 14.5 Å². The van der Waals surface area contributed by atoms with Crippen LogP contribution < -0.4 is 5.32 Å². The van der Waals surface area contributed by atoms with Gasteiger partial charge in [-0.1, -0.05) is 0 Å². The van der Waals surface area contributed by atoms with Crippen molar-refractivity contribution in [1.82, 2.24) is 19.5 Å². The zero-order chi connectivity index (χ0) is 19.1. The van der Waals surface area contributed by atoms with E-state index < -0.39 is 39.0 Å². The number of aliphatic hydroxyl groups is 2. The zero-order valence-electron chi connectivity index (χ0n) is 13.3. The molecule has 0 aliphatic carbocycles. The lowest BCUT2D eigenvalue weighted by atomic mass is 10.1. The van der Waals surface area contributed by atoms with Crippen molar-refractivity contribution in [2.75, 3.05) is 11.9 Å². The van der Waals surface area contributed by atoms with E-state index >= 15 is 0 Å². The Hall–Kier alpha value is -1.99. The van der Waals surface area contributed by atoms with Gasteiger partial charge in [0.05, 0.1) is 12.9 Å². The molecule has 5 N–H and O–H groups in total. The number of anilines is 1. The molecule has 13 nitrogen and oxygen atoms in total. The lowest BCUT2D eigenvalue weighted by molar-refractivity contribution is -0.114. The number of fused-ring (bicyclic) bond motifs is 1. The van der Waals surface area contributed by atoms with Crippen molar-refractivity contribution < 1.29 is 38.6 Å². The third-order valence-electron chi connectivity index (χ3n) is 3.67. The molecule has 1 saturated heterocycles. The van der Waals surface area contributed by atoms with Crippen LogP contribution in [0.15, 0.2) is 12.7 Å². The van der Waals surface area contributed by atoms with E-state index in [-0.39, 0.29) is 22.9 Å². The summed E-state index contributed by atoms with van der Waals surface area (Å²) < 4.78 is 21.9. The van der Waals surface area contributed by atoms with E-state index in [1.54, 1.807) is 0 Å². The number of ether oxygens (including phenoxy) is 1. The molecular weight excluding hydrogens is 373 g/mol. The van der Waals surface area contributed by atoms with Gasteiger partial charge in [0, 0.05) is 6.92 Å². The van der Waals surface area contributed by atoms with Crippen LogP contribution in [0.25, 0.3) is 11.2 Å². The Morgan fingerprint density at radius 1 is 1.35 bits per heavy atom. The third-order valence-corrected chi connectivity index (χ3v) is 4.16. The van der Waals surface area contributed by atoms with E-state index in [1.807, 2.05) is 0 Å². The molecule has 2 aromatic rings. The molecule has 0 spiro atoms. The first-order valence-corrected chi connectivity index (χ1v) is 8.87. The lowest BCUT2D eigenvalue weighted by Crippen LogP contribution is -2.33.